The van der Waals surface area contributed by atoms with Crippen molar-refractivity contribution in [2.45, 2.75) is 12.8 Å². The molecular formula is C15H12Cl2O. The zero-order chi connectivity index (χ0) is 13.1. The van der Waals surface area contributed by atoms with E-state index in [1.54, 1.807) is 19.1 Å². The van der Waals surface area contributed by atoms with Crippen LogP contribution in [0.1, 0.15) is 24.0 Å². The van der Waals surface area contributed by atoms with Crippen LogP contribution in [0.4, 0.5) is 0 Å². The van der Waals surface area contributed by atoms with Crippen LogP contribution in [0.3, 0.4) is 0 Å². The molecule has 2 rings (SSSR count). The molecule has 0 aromatic heterocycles. The standard InChI is InChI=1S/C15H12Cl2O/c1-10(18)15(11-6-2-4-8-13(11)16)12-7-3-5-9-14(12)17/h2-9,15H,1H3. The van der Waals surface area contributed by atoms with Crippen molar-refractivity contribution in [2.75, 3.05) is 0 Å². The van der Waals surface area contributed by atoms with Crippen molar-refractivity contribution in [3.05, 3.63) is 69.7 Å². The van der Waals surface area contributed by atoms with Crippen molar-refractivity contribution >= 4 is 29.0 Å². The molecule has 0 unspecified atom stereocenters. The largest absolute Gasteiger partial charge is 0.299 e. The fraction of sp³-hybridized carbons (Fsp3) is 0.133. The van der Waals surface area contributed by atoms with E-state index < -0.39 is 5.92 Å². The van der Waals surface area contributed by atoms with Crippen LogP contribution in [-0.2, 0) is 4.79 Å². The fourth-order valence-corrected chi connectivity index (χ4v) is 2.51. The first-order valence-electron chi connectivity index (χ1n) is 5.60. The number of rotatable bonds is 3. The van der Waals surface area contributed by atoms with E-state index in [1.807, 2.05) is 36.4 Å². The number of hydrogen-bond donors (Lipinski definition) is 0. The second kappa shape index (κ2) is 5.55. The molecule has 2 aromatic carbocycles. The molecule has 0 spiro atoms. The Hall–Kier alpha value is -1.31. The van der Waals surface area contributed by atoms with E-state index in [2.05, 4.69) is 0 Å². The number of hydrogen-bond acceptors (Lipinski definition) is 1. The zero-order valence-electron chi connectivity index (χ0n) is 9.86. The van der Waals surface area contributed by atoms with E-state index in [-0.39, 0.29) is 5.78 Å². The third-order valence-corrected chi connectivity index (χ3v) is 3.53. The first-order valence-corrected chi connectivity index (χ1v) is 6.36. The zero-order valence-corrected chi connectivity index (χ0v) is 11.4. The van der Waals surface area contributed by atoms with Gasteiger partial charge in [-0.3, -0.25) is 4.79 Å². The molecule has 1 nitrogen and oxygen atoms in total. The SMILES string of the molecule is CC(=O)C(c1ccccc1Cl)c1ccccc1Cl. The molecule has 0 radical (unpaired) electrons. The van der Waals surface area contributed by atoms with Crippen LogP contribution < -0.4 is 0 Å². The van der Waals surface area contributed by atoms with Crippen LogP contribution in [0, 0.1) is 0 Å². The molecule has 0 atom stereocenters. The van der Waals surface area contributed by atoms with Crippen LogP contribution in [-0.4, -0.2) is 5.78 Å². The van der Waals surface area contributed by atoms with Crippen molar-refractivity contribution in [2.24, 2.45) is 0 Å². The molecule has 92 valence electrons. The number of carbonyl (C=O) groups excluding carboxylic acids is 1. The molecule has 0 fully saturated rings. The summed E-state index contributed by atoms with van der Waals surface area (Å²) in [5.74, 6) is -0.386. The lowest BCUT2D eigenvalue weighted by Gasteiger charge is -2.17. The summed E-state index contributed by atoms with van der Waals surface area (Å²) in [7, 11) is 0. The lowest BCUT2D eigenvalue weighted by atomic mass is 9.88. The summed E-state index contributed by atoms with van der Waals surface area (Å²) in [5, 5.41) is 1.16. The number of halogens is 2. The van der Waals surface area contributed by atoms with Crippen LogP contribution in [0.15, 0.2) is 48.5 Å². The van der Waals surface area contributed by atoms with Gasteiger partial charge in [0.05, 0.1) is 5.92 Å². The molecule has 3 heteroatoms. The Kier molecular flexibility index (Phi) is 4.05. The van der Waals surface area contributed by atoms with Crippen molar-refractivity contribution in [3.63, 3.8) is 0 Å². The van der Waals surface area contributed by atoms with Gasteiger partial charge in [-0.25, -0.2) is 0 Å². The highest BCUT2D eigenvalue weighted by atomic mass is 35.5. The van der Waals surface area contributed by atoms with E-state index in [0.717, 1.165) is 11.1 Å². The van der Waals surface area contributed by atoms with Crippen molar-refractivity contribution in [1.82, 2.24) is 0 Å². The lowest BCUT2D eigenvalue weighted by molar-refractivity contribution is -0.117. The molecule has 0 amide bonds. The van der Waals surface area contributed by atoms with Crippen LogP contribution in [0.5, 0.6) is 0 Å². The molecule has 0 aliphatic heterocycles. The summed E-state index contributed by atoms with van der Waals surface area (Å²) in [6.07, 6.45) is 0. The van der Waals surface area contributed by atoms with Crippen LogP contribution in [0.2, 0.25) is 10.0 Å². The van der Waals surface area contributed by atoms with E-state index in [1.165, 1.54) is 0 Å². The predicted molar refractivity (Wildman–Crippen MR) is 75.4 cm³/mol. The first-order chi connectivity index (χ1) is 8.61. The molecule has 0 aliphatic rings. The summed E-state index contributed by atoms with van der Waals surface area (Å²) >= 11 is 12.3. The summed E-state index contributed by atoms with van der Waals surface area (Å²) < 4.78 is 0. The maximum Gasteiger partial charge on any atom is 0.141 e. The third kappa shape index (κ3) is 2.58. The monoisotopic (exact) mass is 278 g/mol. The Morgan fingerprint density at radius 1 is 0.889 bits per heavy atom. The number of ketones is 1. The highest BCUT2D eigenvalue weighted by Gasteiger charge is 2.23. The Morgan fingerprint density at radius 2 is 1.28 bits per heavy atom. The Bertz CT molecular complexity index is 533. The van der Waals surface area contributed by atoms with Gasteiger partial charge in [0.15, 0.2) is 0 Å². The minimum atomic E-state index is -0.410. The normalized spacial score (nSPS) is 10.7. The molecule has 0 aliphatic carbocycles. The average molecular weight is 279 g/mol. The molecule has 18 heavy (non-hydrogen) atoms. The Morgan fingerprint density at radius 3 is 1.61 bits per heavy atom. The highest BCUT2D eigenvalue weighted by Crippen LogP contribution is 2.34. The van der Waals surface area contributed by atoms with Gasteiger partial charge in [-0.15, -0.1) is 0 Å². The van der Waals surface area contributed by atoms with Crippen LogP contribution in [0.25, 0.3) is 0 Å². The molecule has 0 bridgehead atoms. The molecule has 2 aromatic rings. The number of carbonyl (C=O) groups is 1. The maximum absolute atomic E-state index is 11.9. The predicted octanol–water partition coefficient (Wildman–Crippen LogP) is 4.71. The summed E-state index contributed by atoms with van der Waals surface area (Å²) in [5.41, 5.74) is 1.58. The maximum atomic E-state index is 11.9. The number of benzene rings is 2. The molecule has 0 saturated carbocycles. The molecule has 0 N–H and O–H groups in total. The Labute approximate surface area is 116 Å². The molecule has 0 saturated heterocycles. The number of Topliss-reactive ketones (excluding diaryl/α,β-unsaturated/α-hetero) is 1. The van der Waals surface area contributed by atoms with E-state index in [0.29, 0.717) is 10.0 Å². The van der Waals surface area contributed by atoms with Crippen molar-refractivity contribution in [1.29, 1.82) is 0 Å². The Balaban J connectivity index is 2.58. The van der Waals surface area contributed by atoms with Crippen molar-refractivity contribution < 1.29 is 4.79 Å². The highest BCUT2D eigenvalue weighted by molar-refractivity contribution is 6.33. The third-order valence-electron chi connectivity index (χ3n) is 2.84. The summed E-state index contributed by atoms with van der Waals surface area (Å²) in [6.45, 7) is 1.55. The van der Waals surface area contributed by atoms with Gasteiger partial charge in [-0.05, 0) is 30.2 Å². The van der Waals surface area contributed by atoms with Crippen LogP contribution >= 0.6 is 23.2 Å². The fourth-order valence-electron chi connectivity index (χ4n) is 2.02. The van der Waals surface area contributed by atoms with Gasteiger partial charge in [-0.1, -0.05) is 59.6 Å². The first kappa shape index (κ1) is 13.1. The van der Waals surface area contributed by atoms with E-state index in [9.17, 15) is 4.79 Å². The molecular weight excluding hydrogens is 267 g/mol. The van der Waals surface area contributed by atoms with Gasteiger partial charge < -0.3 is 0 Å². The second-order valence-corrected chi connectivity index (χ2v) is 4.90. The summed E-state index contributed by atoms with van der Waals surface area (Å²) in [4.78, 5) is 11.9. The van der Waals surface area contributed by atoms with E-state index >= 15 is 0 Å². The quantitative estimate of drug-likeness (QED) is 0.794. The average Bonchev–Trinajstić information content (AvgIpc) is 2.34. The van der Waals surface area contributed by atoms with Crippen molar-refractivity contribution in [3.8, 4) is 0 Å². The second-order valence-electron chi connectivity index (χ2n) is 4.09. The minimum Gasteiger partial charge on any atom is -0.299 e. The van der Waals surface area contributed by atoms with Gasteiger partial charge in [0.25, 0.3) is 0 Å². The van der Waals surface area contributed by atoms with Gasteiger partial charge in [0, 0.05) is 10.0 Å². The van der Waals surface area contributed by atoms with Gasteiger partial charge in [0.1, 0.15) is 5.78 Å². The minimum absolute atomic E-state index is 0.0243. The topological polar surface area (TPSA) is 17.1 Å². The summed E-state index contributed by atoms with van der Waals surface area (Å²) in [6, 6.07) is 14.7. The lowest BCUT2D eigenvalue weighted by Crippen LogP contribution is -2.11. The van der Waals surface area contributed by atoms with Gasteiger partial charge in [0.2, 0.25) is 0 Å². The van der Waals surface area contributed by atoms with E-state index in [4.69, 9.17) is 23.2 Å². The van der Waals surface area contributed by atoms with Gasteiger partial charge in [-0.2, -0.15) is 0 Å². The smallest absolute Gasteiger partial charge is 0.141 e. The molecule has 0 heterocycles. The van der Waals surface area contributed by atoms with Gasteiger partial charge >= 0.3 is 0 Å².